The normalized spacial score (nSPS) is 12.5. The summed E-state index contributed by atoms with van der Waals surface area (Å²) in [5.41, 5.74) is 0.972. The highest BCUT2D eigenvalue weighted by Gasteiger charge is 2.13. The summed E-state index contributed by atoms with van der Waals surface area (Å²) < 4.78 is 0. The van der Waals surface area contributed by atoms with Crippen LogP contribution in [-0.2, 0) is 11.3 Å². The molecule has 0 aromatic carbocycles. The van der Waals surface area contributed by atoms with Gasteiger partial charge in [-0.05, 0) is 20.4 Å². The summed E-state index contributed by atoms with van der Waals surface area (Å²) in [6.45, 7) is 7.54. The van der Waals surface area contributed by atoms with Crippen LogP contribution in [0.25, 0.3) is 0 Å². The molecule has 1 atom stereocenters. The topological polar surface area (TPSA) is 45.2 Å². The summed E-state index contributed by atoms with van der Waals surface area (Å²) in [6.07, 6.45) is 0.535. The Kier molecular flexibility index (Phi) is 5.58. The average Bonchev–Trinajstić information content (AvgIpc) is 2.64. The number of nitrogens with one attached hydrogen (secondary N) is 1. The quantitative estimate of drug-likeness (QED) is 0.843. The molecule has 0 saturated carbocycles. The Balaban J connectivity index is 2.41. The number of carbonyl (C=O) groups excluding carboxylic acids is 1. The first-order valence-electron chi connectivity index (χ1n) is 5.91. The first kappa shape index (κ1) is 14.1. The fraction of sp³-hybridized carbons (Fsp3) is 0.667. The highest BCUT2D eigenvalue weighted by Crippen LogP contribution is 2.10. The molecule has 1 amide bonds. The van der Waals surface area contributed by atoms with E-state index in [0.717, 1.165) is 17.2 Å². The monoisotopic (exact) mass is 255 g/mol. The van der Waals surface area contributed by atoms with Gasteiger partial charge < -0.3 is 10.2 Å². The second-order valence-corrected chi connectivity index (χ2v) is 5.33. The highest BCUT2D eigenvalue weighted by molar-refractivity contribution is 7.09. The van der Waals surface area contributed by atoms with E-state index in [0.29, 0.717) is 13.0 Å². The maximum absolute atomic E-state index is 11.9. The predicted octanol–water partition coefficient (Wildman–Crippen LogP) is 1.80. The summed E-state index contributed by atoms with van der Waals surface area (Å²) in [4.78, 5) is 18.0. The third-order valence-corrected chi connectivity index (χ3v) is 3.35. The molecule has 0 radical (unpaired) electrons. The van der Waals surface area contributed by atoms with Crippen molar-refractivity contribution in [2.24, 2.45) is 0 Å². The number of amides is 1. The van der Waals surface area contributed by atoms with Gasteiger partial charge in [-0.1, -0.05) is 6.92 Å². The van der Waals surface area contributed by atoms with Gasteiger partial charge in [0.2, 0.25) is 5.91 Å². The number of rotatable bonds is 6. The molecule has 1 N–H and O–H groups in total. The van der Waals surface area contributed by atoms with Crippen LogP contribution in [0.1, 0.15) is 31.0 Å². The third kappa shape index (κ3) is 4.83. The molecule has 5 heteroatoms. The van der Waals surface area contributed by atoms with Gasteiger partial charge in [0.05, 0.1) is 17.2 Å². The Bertz CT molecular complexity index is 364. The van der Waals surface area contributed by atoms with Crippen LogP contribution in [0.2, 0.25) is 0 Å². The van der Waals surface area contributed by atoms with Gasteiger partial charge >= 0.3 is 0 Å². The molecule has 1 heterocycles. The van der Waals surface area contributed by atoms with E-state index >= 15 is 0 Å². The summed E-state index contributed by atoms with van der Waals surface area (Å²) in [5, 5.41) is 6.29. The van der Waals surface area contributed by atoms with Crippen molar-refractivity contribution in [1.29, 1.82) is 0 Å². The fourth-order valence-corrected chi connectivity index (χ4v) is 2.25. The number of nitrogens with zero attached hydrogens (tertiary/aromatic N) is 2. The van der Waals surface area contributed by atoms with Gasteiger partial charge in [-0.3, -0.25) is 4.79 Å². The van der Waals surface area contributed by atoms with Crippen molar-refractivity contribution in [2.75, 3.05) is 13.6 Å². The van der Waals surface area contributed by atoms with Gasteiger partial charge in [-0.15, -0.1) is 11.3 Å². The number of aromatic nitrogens is 1. The smallest absolute Gasteiger partial charge is 0.224 e. The van der Waals surface area contributed by atoms with Crippen molar-refractivity contribution >= 4 is 17.2 Å². The van der Waals surface area contributed by atoms with Crippen LogP contribution in [0.3, 0.4) is 0 Å². The summed E-state index contributed by atoms with van der Waals surface area (Å²) in [6, 6.07) is 0.229. The molecular weight excluding hydrogens is 234 g/mol. The van der Waals surface area contributed by atoms with Gasteiger partial charge in [0.1, 0.15) is 0 Å². The Hall–Kier alpha value is -0.940. The average molecular weight is 255 g/mol. The van der Waals surface area contributed by atoms with Crippen LogP contribution in [0, 0.1) is 6.92 Å². The van der Waals surface area contributed by atoms with E-state index in [1.54, 1.807) is 16.2 Å². The number of hydrogen-bond acceptors (Lipinski definition) is 4. The van der Waals surface area contributed by atoms with E-state index in [2.05, 4.69) is 10.3 Å². The van der Waals surface area contributed by atoms with Gasteiger partial charge in [0.15, 0.2) is 0 Å². The van der Waals surface area contributed by atoms with Crippen molar-refractivity contribution in [2.45, 2.75) is 39.8 Å². The van der Waals surface area contributed by atoms with Gasteiger partial charge in [0.25, 0.3) is 0 Å². The van der Waals surface area contributed by atoms with Crippen molar-refractivity contribution in [3.8, 4) is 0 Å². The summed E-state index contributed by atoms with van der Waals surface area (Å²) in [5.74, 6) is 0.157. The highest BCUT2D eigenvalue weighted by atomic mass is 32.1. The fourth-order valence-electron chi connectivity index (χ4n) is 1.65. The zero-order valence-corrected chi connectivity index (χ0v) is 11.8. The molecule has 1 aromatic rings. The van der Waals surface area contributed by atoms with Crippen LogP contribution in [-0.4, -0.2) is 35.4 Å². The van der Waals surface area contributed by atoms with Crippen LogP contribution >= 0.6 is 11.3 Å². The first-order valence-corrected chi connectivity index (χ1v) is 6.79. The summed E-state index contributed by atoms with van der Waals surface area (Å²) in [7, 11) is 1.83. The number of carbonyl (C=O) groups is 1. The van der Waals surface area contributed by atoms with Crippen molar-refractivity contribution in [3.05, 3.63) is 16.1 Å². The zero-order valence-electron chi connectivity index (χ0n) is 11.0. The minimum Gasteiger partial charge on any atom is -0.340 e. The van der Waals surface area contributed by atoms with E-state index in [4.69, 9.17) is 0 Å². The van der Waals surface area contributed by atoms with Crippen molar-refractivity contribution in [3.63, 3.8) is 0 Å². The van der Waals surface area contributed by atoms with Crippen molar-refractivity contribution < 1.29 is 4.79 Å². The molecule has 1 rings (SSSR count). The second kappa shape index (κ2) is 6.71. The first-order chi connectivity index (χ1) is 8.02. The standard InChI is InChI=1S/C12H21N3OS/c1-5-13-9(2)6-12(16)15(4)7-11-8-17-10(3)14-11/h8-9,13H,5-7H2,1-4H3. The lowest BCUT2D eigenvalue weighted by atomic mass is 10.2. The predicted molar refractivity (Wildman–Crippen MR) is 71.1 cm³/mol. The van der Waals surface area contributed by atoms with Gasteiger partial charge in [-0.25, -0.2) is 4.98 Å². The molecule has 0 aliphatic carbocycles. The lowest BCUT2D eigenvalue weighted by molar-refractivity contribution is -0.130. The molecular formula is C12H21N3OS. The van der Waals surface area contributed by atoms with Crippen molar-refractivity contribution in [1.82, 2.24) is 15.2 Å². The van der Waals surface area contributed by atoms with E-state index in [-0.39, 0.29) is 11.9 Å². The Morgan fingerprint density at radius 2 is 2.35 bits per heavy atom. The Morgan fingerprint density at radius 3 is 2.88 bits per heavy atom. The lowest BCUT2D eigenvalue weighted by Gasteiger charge is -2.19. The minimum absolute atomic E-state index is 0.157. The minimum atomic E-state index is 0.157. The number of hydrogen-bond donors (Lipinski definition) is 1. The molecule has 0 aliphatic rings. The number of thiazole rings is 1. The second-order valence-electron chi connectivity index (χ2n) is 4.27. The molecule has 4 nitrogen and oxygen atoms in total. The van der Waals surface area contributed by atoms with Crippen LogP contribution in [0.5, 0.6) is 0 Å². The van der Waals surface area contributed by atoms with Crippen LogP contribution in [0.15, 0.2) is 5.38 Å². The van der Waals surface area contributed by atoms with Gasteiger partial charge in [0, 0.05) is 24.9 Å². The molecule has 1 aromatic heterocycles. The van der Waals surface area contributed by atoms with Gasteiger partial charge in [-0.2, -0.15) is 0 Å². The lowest BCUT2D eigenvalue weighted by Crippen LogP contribution is -2.34. The Morgan fingerprint density at radius 1 is 1.65 bits per heavy atom. The molecule has 0 bridgehead atoms. The third-order valence-electron chi connectivity index (χ3n) is 2.52. The number of aryl methyl sites for hydroxylation is 1. The summed E-state index contributed by atoms with van der Waals surface area (Å²) >= 11 is 1.62. The molecule has 1 unspecified atom stereocenters. The maximum Gasteiger partial charge on any atom is 0.224 e. The molecule has 0 spiro atoms. The molecule has 96 valence electrons. The SMILES string of the molecule is CCNC(C)CC(=O)N(C)Cc1csc(C)n1. The van der Waals surface area contributed by atoms with E-state index < -0.39 is 0 Å². The molecule has 0 aliphatic heterocycles. The van der Waals surface area contributed by atoms with Crippen LogP contribution in [0.4, 0.5) is 0 Å². The maximum atomic E-state index is 11.9. The van der Waals surface area contributed by atoms with E-state index in [1.807, 2.05) is 33.2 Å². The molecule has 17 heavy (non-hydrogen) atoms. The van der Waals surface area contributed by atoms with E-state index in [9.17, 15) is 4.79 Å². The largest absolute Gasteiger partial charge is 0.340 e. The zero-order chi connectivity index (χ0) is 12.8. The molecule has 0 saturated heterocycles. The van der Waals surface area contributed by atoms with Crippen LogP contribution < -0.4 is 5.32 Å². The molecule has 0 fully saturated rings. The van der Waals surface area contributed by atoms with E-state index in [1.165, 1.54) is 0 Å². The Labute approximate surface area is 107 Å².